The molecule has 0 aliphatic heterocycles. The lowest BCUT2D eigenvalue weighted by atomic mass is 9.78. The monoisotopic (exact) mass is 485 g/mol. The Balaban J connectivity index is 0.00000408. The molecular weight excluding hydrogens is 454 g/mol. The van der Waals surface area contributed by atoms with E-state index in [0.29, 0.717) is 23.2 Å². The molecule has 1 aromatic heterocycles. The number of hydrogen-bond donors (Lipinski definition) is 3. The summed E-state index contributed by atoms with van der Waals surface area (Å²) in [6, 6.07) is 16.6. The first-order valence-electron chi connectivity index (χ1n) is 11.3. The number of fused-ring (bicyclic) bond motifs is 1. The van der Waals surface area contributed by atoms with Gasteiger partial charge in [-0.25, -0.2) is 10.2 Å². The van der Waals surface area contributed by atoms with Crippen LogP contribution in [0.15, 0.2) is 68.9 Å². The minimum Gasteiger partial charge on any atom is -1.00 e. The van der Waals surface area contributed by atoms with Crippen LogP contribution < -0.4 is 28.4 Å². The average Bonchev–Trinajstić information content (AvgIpc) is 2.82. The number of carbonyl (C=O) groups excluding carboxylic acids is 1. The lowest BCUT2D eigenvalue weighted by molar-refractivity contribution is -0.898. The van der Waals surface area contributed by atoms with E-state index in [0.717, 1.165) is 18.7 Å². The van der Waals surface area contributed by atoms with E-state index in [1.54, 1.807) is 24.3 Å². The third-order valence-electron chi connectivity index (χ3n) is 6.13. The van der Waals surface area contributed by atoms with Crippen molar-refractivity contribution in [1.82, 2.24) is 5.43 Å². The predicted molar refractivity (Wildman–Crippen MR) is 130 cm³/mol. The summed E-state index contributed by atoms with van der Waals surface area (Å²) in [7, 11) is 0. The molecule has 8 heteroatoms. The number of aromatic hydroxyl groups is 1. The van der Waals surface area contributed by atoms with E-state index in [2.05, 4.69) is 24.4 Å². The molecule has 2 atom stereocenters. The number of nitrogens with one attached hydrogen (secondary N) is 2. The van der Waals surface area contributed by atoms with Crippen LogP contribution in [-0.2, 0) is 4.79 Å². The summed E-state index contributed by atoms with van der Waals surface area (Å²) < 4.78 is 5.63. The van der Waals surface area contributed by atoms with Gasteiger partial charge in [-0.15, -0.1) is 0 Å². The van der Waals surface area contributed by atoms with Crippen molar-refractivity contribution in [3.63, 3.8) is 0 Å². The number of hydrogen-bond acceptors (Lipinski definition) is 5. The molecule has 0 aliphatic rings. The third kappa shape index (κ3) is 6.04. The highest BCUT2D eigenvalue weighted by Gasteiger charge is 2.35. The van der Waals surface area contributed by atoms with Crippen LogP contribution in [0.4, 0.5) is 0 Å². The maximum absolute atomic E-state index is 13.2. The topological polar surface area (TPSA) is 96.3 Å². The highest BCUT2D eigenvalue weighted by Crippen LogP contribution is 2.38. The predicted octanol–water partition coefficient (Wildman–Crippen LogP) is -0.313. The summed E-state index contributed by atoms with van der Waals surface area (Å²) >= 11 is 0. The van der Waals surface area contributed by atoms with Crippen molar-refractivity contribution in [2.75, 3.05) is 19.6 Å². The van der Waals surface area contributed by atoms with E-state index in [4.69, 9.17) is 4.42 Å². The molecule has 0 aliphatic carbocycles. The zero-order chi connectivity index (χ0) is 24.0. The number of quaternary nitrogens is 1. The molecule has 3 aromatic rings. The molecule has 0 bridgehead atoms. The van der Waals surface area contributed by atoms with Gasteiger partial charge >= 0.3 is 5.63 Å². The standard InChI is InChI=1S/C26H31N3O4.ClH/c1-5-29(6-2)16-21(17(3)27-28-18(4)30)23(19-12-8-7-9-13-19)24-25(31)20-14-10-11-15-22(20)33-26(24)32;/h7-15,21,23,31H,5-6,16H2,1-4H3,(H,28,30);1H/b27-17+;. The summed E-state index contributed by atoms with van der Waals surface area (Å²) in [5, 5.41) is 16.1. The van der Waals surface area contributed by atoms with Crippen LogP contribution in [0, 0.1) is 5.92 Å². The molecule has 3 rings (SSSR count). The van der Waals surface area contributed by atoms with Crippen LogP contribution in [0.5, 0.6) is 5.75 Å². The maximum Gasteiger partial charge on any atom is 0.343 e. The molecule has 34 heavy (non-hydrogen) atoms. The number of para-hydroxylation sites is 1. The van der Waals surface area contributed by atoms with Crippen molar-refractivity contribution < 1.29 is 31.6 Å². The lowest BCUT2D eigenvalue weighted by Gasteiger charge is -2.30. The zero-order valence-corrected chi connectivity index (χ0v) is 20.7. The fraction of sp³-hybridized carbons (Fsp3) is 0.346. The molecule has 0 saturated heterocycles. The largest absolute Gasteiger partial charge is 1.00 e. The molecule has 0 spiro atoms. The van der Waals surface area contributed by atoms with E-state index in [9.17, 15) is 14.7 Å². The second-order valence-electron chi connectivity index (χ2n) is 8.23. The smallest absolute Gasteiger partial charge is 0.343 e. The van der Waals surface area contributed by atoms with Crippen LogP contribution in [0.25, 0.3) is 11.0 Å². The Labute approximate surface area is 205 Å². The van der Waals surface area contributed by atoms with Crippen molar-refractivity contribution in [3.8, 4) is 5.75 Å². The first-order valence-corrected chi connectivity index (χ1v) is 11.3. The minimum absolute atomic E-state index is 0. The number of halogens is 1. The van der Waals surface area contributed by atoms with Gasteiger partial charge in [-0.1, -0.05) is 42.5 Å². The number of amides is 1. The highest BCUT2D eigenvalue weighted by molar-refractivity contribution is 5.89. The van der Waals surface area contributed by atoms with E-state index >= 15 is 0 Å². The van der Waals surface area contributed by atoms with Crippen molar-refractivity contribution in [3.05, 3.63) is 76.1 Å². The number of carbonyl (C=O) groups is 1. The molecule has 3 N–H and O–H groups in total. The molecule has 7 nitrogen and oxygen atoms in total. The molecule has 182 valence electrons. The van der Waals surface area contributed by atoms with Crippen molar-refractivity contribution in [2.24, 2.45) is 11.0 Å². The van der Waals surface area contributed by atoms with Crippen molar-refractivity contribution in [1.29, 1.82) is 0 Å². The number of nitrogens with zero attached hydrogens (tertiary/aromatic N) is 1. The molecule has 2 aromatic carbocycles. The Hall–Kier alpha value is -3.16. The number of rotatable bonds is 9. The van der Waals surface area contributed by atoms with Gasteiger partial charge in [0.25, 0.3) is 0 Å². The van der Waals surface area contributed by atoms with E-state index < -0.39 is 11.5 Å². The first kappa shape index (κ1) is 27.1. The maximum atomic E-state index is 13.2. The Morgan fingerprint density at radius 1 is 1.06 bits per heavy atom. The van der Waals surface area contributed by atoms with Crippen LogP contribution in [-0.4, -0.2) is 36.4 Å². The van der Waals surface area contributed by atoms with Gasteiger partial charge in [0, 0.05) is 18.6 Å². The van der Waals surface area contributed by atoms with Crippen LogP contribution in [0.2, 0.25) is 0 Å². The van der Waals surface area contributed by atoms with Crippen LogP contribution >= 0.6 is 0 Å². The quantitative estimate of drug-likeness (QED) is 0.220. The van der Waals surface area contributed by atoms with Gasteiger partial charge in [-0.2, -0.15) is 5.10 Å². The van der Waals surface area contributed by atoms with Crippen molar-refractivity contribution in [2.45, 2.75) is 33.6 Å². The van der Waals surface area contributed by atoms with Gasteiger partial charge in [0.2, 0.25) is 5.91 Å². The van der Waals surface area contributed by atoms with E-state index in [1.807, 2.05) is 37.3 Å². The Morgan fingerprint density at radius 2 is 1.68 bits per heavy atom. The fourth-order valence-electron chi connectivity index (χ4n) is 4.29. The van der Waals surface area contributed by atoms with E-state index in [-0.39, 0.29) is 35.5 Å². The van der Waals surface area contributed by atoms with E-state index in [1.165, 1.54) is 11.8 Å². The summed E-state index contributed by atoms with van der Waals surface area (Å²) in [5.74, 6) is -1.14. The van der Waals surface area contributed by atoms with Gasteiger partial charge in [-0.3, -0.25) is 4.79 Å². The number of hydrazone groups is 1. The Bertz CT molecular complexity index is 1190. The average molecular weight is 486 g/mol. The summed E-state index contributed by atoms with van der Waals surface area (Å²) in [5.41, 5.74) is 4.03. The second-order valence-corrected chi connectivity index (χ2v) is 8.23. The lowest BCUT2D eigenvalue weighted by Crippen LogP contribution is -3.12. The second kappa shape index (κ2) is 12.3. The molecule has 0 radical (unpaired) electrons. The minimum atomic E-state index is -0.577. The summed E-state index contributed by atoms with van der Waals surface area (Å²) in [6.07, 6.45) is 0. The van der Waals surface area contributed by atoms with Gasteiger partial charge in [0.15, 0.2) is 0 Å². The number of benzene rings is 2. The van der Waals surface area contributed by atoms with Crippen LogP contribution in [0.3, 0.4) is 0 Å². The highest BCUT2D eigenvalue weighted by atomic mass is 35.5. The first-order chi connectivity index (χ1) is 15.9. The van der Waals surface area contributed by atoms with Gasteiger partial charge in [-0.05, 0) is 38.5 Å². The Kier molecular flexibility index (Phi) is 9.83. The Morgan fingerprint density at radius 3 is 2.29 bits per heavy atom. The fourth-order valence-corrected chi connectivity index (χ4v) is 4.29. The SMILES string of the molecule is CC[NH+](CC)CC(/C(C)=N/NC(C)=O)C(c1ccccc1)c1c(O)c2ccccc2oc1=O.[Cl-]. The molecular formula is C26H32ClN3O4. The molecule has 2 unspecified atom stereocenters. The summed E-state index contributed by atoms with van der Waals surface area (Å²) in [4.78, 5) is 26.1. The normalized spacial score (nSPS) is 13.4. The summed E-state index contributed by atoms with van der Waals surface area (Å²) in [6.45, 7) is 9.90. The van der Waals surface area contributed by atoms with Gasteiger partial charge in [0.1, 0.15) is 11.3 Å². The van der Waals surface area contributed by atoms with Gasteiger partial charge in [0.05, 0.1) is 36.5 Å². The zero-order valence-electron chi connectivity index (χ0n) is 20.0. The van der Waals surface area contributed by atoms with Crippen molar-refractivity contribution >= 4 is 22.6 Å². The molecule has 0 fully saturated rings. The molecule has 0 saturated carbocycles. The molecule has 1 heterocycles. The van der Waals surface area contributed by atoms with Gasteiger partial charge < -0.3 is 26.8 Å². The third-order valence-corrected chi connectivity index (χ3v) is 6.13. The molecule has 1 amide bonds. The van der Waals surface area contributed by atoms with Crippen LogP contribution in [0.1, 0.15) is 44.7 Å².